The van der Waals surface area contributed by atoms with Crippen LogP contribution in [0.4, 0.5) is 5.69 Å². The zero-order valence-electron chi connectivity index (χ0n) is 19.1. The van der Waals surface area contributed by atoms with Crippen molar-refractivity contribution in [1.29, 1.82) is 0 Å². The fourth-order valence-corrected chi connectivity index (χ4v) is 7.22. The molecule has 0 spiro atoms. The van der Waals surface area contributed by atoms with Crippen molar-refractivity contribution >= 4 is 13.3 Å². The Morgan fingerprint density at radius 3 is 1.88 bits per heavy atom. The number of benzene rings is 2. The van der Waals surface area contributed by atoms with Crippen molar-refractivity contribution in [3.63, 3.8) is 0 Å². The van der Waals surface area contributed by atoms with E-state index in [4.69, 9.17) is 13.8 Å². The van der Waals surface area contributed by atoms with Gasteiger partial charge in [0.25, 0.3) is 0 Å². The Bertz CT molecular complexity index is 854. The van der Waals surface area contributed by atoms with E-state index in [-0.39, 0.29) is 12.2 Å². The monoisotopic (exact) mass is 457 g/mol. The molecule has 2 aliphatic rings. The zero-order chi connectivity index (χ0) is 22.2. The van der Waals surface area contributed by atoms with E-state index in [2.05, 4.69) is 5.32 Å². The molecule has 0 bridgehead atoms. The minimum Gasteiger partial charge on any atom is -0.496 e. The van der Waals surface area contributed by atoms with Crippen LogP contribution >= 0.6 is 7.60 Å². The van der Waals surface area contributed by atoms with E-state index >= 15 is 0 Å². The third-order valence-corrected chi connectivity index (χ3v) is 8.75. The normalized spacial score (nSPS) is 19.4. The molecule has 0 aliphatic heterocycles. The Morgan fingerprint density at radius 1 is 0.781 bits per heavy atom. The predicted molar refractivity (Wildman–Crippen MR) is 129 cm³/mol. The summed E-state index contributed by atoms with van der Waals surface area (Å²) >= 11 is 0. The smallest absolute Gasteiger partial charge is 0.357 e. The van der Waals surface area contributed by atoms with Gasteiger partial charge in [-0.25, -0.2) is 0 Å². The molecule has 174 valence electrons. The largest absolute Gasteiger partial charge is 0.496 e. The van der Waals surface area contributed by atoms with Gasteiger partial charge in [0.2, 0.25) is 0 Å². The van der Waals surface area contributed by atoms with Gasteiger partial charge in [0.15, 0.2) is 5.78 Å². The highest BCUT2D eigenvalue weighted by Gasteiger charge is 2.43. The molecule has 0 aromatic heterocycles. The number of methoxy groups -OCH3 is 1. The van der Waals surface area contributed by atoms with Crippen molar-refractivity contribution in [3.8, 4) is 5.75 Å². The summed E-state index contributed by atoms with van der Waals surface area (Å²) in [6.45, 7) is 0. The molecule has 1 atom stereocenters. The minimum absolute atomic E-state index is 0.0343. The second kappa shape index (κ2) is 11.4. The van der Waals surface area contributed by atoms with E-state index < -0.39 is 13.4 Å². The lowest BCUT2D eigenvalue weighted by molar-refractivity contribution is 0.0757. The lowest BCUT2D eigenvalue weighted by Gasteiger charge is -2.36. The first-order chi connectivity index (χ1) is 15.7. The SMILES string of the molecule is COc1ccccc1C(Nc1ccccc1)P(=O)(OC1CCCCC1)OC1CCCCC1. The predicted octanol–water partition coefficient (Wildman–Crippen LogP) is 7.70. The molecule has 5 nitrogen and oxygen atoms in total. The maximum Gasteiger partial charge on any atom is 0.357 e. The average molecular weight is 458 g/mol. The Balaban J connectivity index is 1.72. The summed E-state index contributed by atoms with van der Waals surface area (Å²) in [5.41, 5.74) is 1.68. The van der Waals surface area contributed by atoms with Crippen molar-refractivity contribution in [1.82, 2.24) is 0 Å². The molecular formula is C26H36NO4P. The summed E-state index contributed by atoms with van der Waals surface area (Å²) in [4.78, 5) is 0. The summed E-state index contributed by atoms with van der Waals surface area (Å²) in [7, 11) is -1.94. The number of nitrogens with one attached hydrogen (secondary N) is 1. The van der Waals surface area contributed by atoms with Crippen LogP contribution in [-0.2, 0) is 13.6 Å². The van der Waals surface area contributed by atoms with Gasteiger partial charge in [-0.05, 0) is 43.9 Å². The summed E-state index contributed by atoms with van der Waals surface area (Å²) in [5.74, 6) is 0.0329. The first-order valence-electron chi connectivity index (χ1n) is 12.1. The van der Waals surface area contributed by atoms with Crippen LogP contribution in [0.3, 0.4) is 0 Å². The molecule has 0 heterocycles. The molecule has 6 heteroatoms. The second-order valence-electron chi connectivity index (χ2n) is 8.93. The van der Waals surface area contributed by atoms with Gasteiger partial charge in [0.1, 0.15) is 5.75 Å². The molecular weight excluding hydrogens is 421 g/mol. The molecule has 0 saturated heterocycles. The van der Waals surface area contributed by atoms with Gasteiger partial charge in [-0.2, -0.15) is 0 Å². The number of hydrogen-bond donors (Lipinski definition) is 1. The molecule has 4 rings (SSSR count). The number of hydrogen-bond acceptors (Lipinski definition) is 5. The molecule has 32 heavy (non-hydrogen) atoms. The minimum atomic E-state index is -3.59. The maximum absolute atomic E-state index is 14.8. The highest BCUT2D eigenvalue weighted by Crippen LogP contribution is 2.64. The van der Waals surface area contributed by atoms with Crippen molar-refractivity contribution in [2.45, 2.75) is 82.2 Å². The van der Waals surface area contributed by atoms with Crippen LogP contribution in [0, 0.1) is 0 Å². The lowest BCUT2D eigenvalue weighted by Crippen LogP contribution is -2.25. The van der Waals surface area contributed by atoms with Gasteiger partial charge in [-0.15, -0.1) is 0 Å². The van der Waals surface area contributed by atoms with Crippen molar-refractivity contribution in [3.05, 3.63) is 60.2 Å². The quantitative estimate of drug-likeness (QED) is 0.391. The fourth-order valence-electron chi connectivity index (χ4n) is 4.81. The van der Waals surface area contributed by atoms with Gasteiger partial charge in [0.05, 0.1) is 19.3 Å². The summed E-state index contributed by atoms with van der Waals surface area (Å²) in [5, 5.41) is 3.50. The van der Waals surface area contributed by atoms with Crippen LogP contribution in [0.25, 0.3) is 0 Å². The molecule has 1 N–H and O–H groups in total. The highest BCUT2D eigenvalue weighted by molar-refractivity contribution is 7.54. The van der Waals surface area contributed by atoms with Crippen molar-refractivity contribution in [2.24, 2.45) is 0 Å². The van der Waals surface area contributed by atoms with E-state index in [1.165, 1.54) is 12.8 Å². The van der Waals surface area contributed by atoms with Gasteiger partial charge in [-0.1, -0.05) is 74.9 Å². The number of ether oxygens (including phenoxy) is 1. The standard InChI is InChI=1S/C26H36NO4P/c1-29-25-20-12-11-19-24(25)26(27-21-13-5-2-6-14-21)32(28,30-22-15-7-3-8-16-22)31-23-17-9-4-10-18-23/h2,5-6,11-14,19-20,22-23,26-27H,3-4,7-10,15-18H2,1H3. The first-order valence-corrected chi connectivity index (χ1v) is 13.7. The first kappa shape index (κ1) is 23.4. The van der Waals surface area contributed by atoms with E-state index in [0.29, 0.717) is 5.75 Å². The summed E-state index contributed by atoms with van der Waals surface area (Å²) < 4.78 is 33.4. The fraction of sp³-hybridized carbons (Fsp3) is 0.538. The van der Waals surface area contributed by atoms with E-state index in [0.717, 1.165) is 62.6 Å². The van der Waals surface area contributed by atoms with Crippen LogP contribution < -0.4 is 10.1 Å². The van der Waals surface area contributed by atoms with Gasteiger partial charge < -0.3 is 19.1 Å². The second-order valence-corrected chi connectivity index (χ2v) is 10.9. The van der Waals surface area contributed by atoms with Crippen LogP contribution in [0.1, 0.15) is 75.6 Å². The van der Waals surface area contributed by atoms with Crippen LogP contribution in [0.5, 0.6) is 5.75 Å². The molecule has 2 aromatic rings. The van der Waals surface area contributed by atoms with E-state index in [9.17, 15) is 4.57 Å². The lowest BCUT2D eigenvalue weighted by atomic mass is 9.98. The Hall–Kier alpha value is -1.81. The number of para-hydroxylation sites is 2. The van der Waals surface area contributed by atoms with Gasteiger partial charge >= 0.3 is 7.60 Å². The summed E-state index contributed by atoms with van der Waals surface area (Å²) in [6.07, 6.45) is 10.5. The molecule has 1 unspecified atom stereocenters. The number of rotatable bonds is 9. The van der Waals surface area contributed by atoms with E-state index in [1.807, 2.05) is 54.6 Å². The molecule has 2 aromatic carbocycles. The third-order valence-electron chi connectivity index (χ3n) is 6.52. The van der Waals surface area contributed by atoms with Gasteiger partial charge in [0, 0.05) is 11.3 Å². The molecule has 2 saturated carbocycles. The maximum atomic E-state index is 14.8. The van der Waals surface area contributed by atoms with E-state index in [1.54, 1.807) is 7.11 Å². The van der Waals surface area contributed by atoms with Crippen LogP contribution in [-0.4, -0.2) is 19.3 Å². The Kier molecular flexibility index (Phi) is 8.29. The highest BCUT2D eigenvalue weighted by atomic mass is 31.2. The molecule has 0 amide bonds. The third kappa shape index (κ3) is 5.95. The van der Waals surface area contributed by atoms with Gasteiger partial charge in [-0.3, -0.25) is 4.57 Å². The van der Waals surface area contributed by atoms with Crippen LogP contribution in [0.15, 0.2) is 54.6 Å². The van der Waals surface area contributed by atoms with Crippen LogP contribution in [0.2, 0.25) is 0 Å². The molecule has 2 aliphatic carbocycles. The van der Waals surface area contributed by atoms with Crippen molar-refractivity contribution < 1.29 is 18.3 Å². The number of anilines is 1. The topological polar surface area (TPSA) is 56.8 Å². The average Bonchev–Trinajstić information content (AvgIpc) is 2.84. The molecule has 0 radical (unpaired) electrons. The van der Waals surface area contributed by atoms with Crippen molar-refractivity contribution in [2.75, 3.05) is 12.4 Å². The Labute approximate surface area is 192 Å². The zero-order valence-corrected chi connectivity index (χ0v) is 20.0. The Morgan fingerprint density at radius 2 is 1.31 bits per heavy atom. The molecule has 2 fully saturated rings. The summed E-state index contributed by atoms with van der Waals surface area (Å²) in [6, 6.07) is 17.6.